The van der Waals surface area contributed by atoms with Gasteiger partial charge in [-0.2, -0.15) is 18.6 Å². The third-order valence-corrected chi connectivity index (χ3v) is 5.18. The standard InChI is InChI=1S/C18H17FN4O2S/c1-12-3-4-13(2)17(9-12)26(24,25)23-21-11-15-10-20-22-18(15)14-5-7-16(19)8-6-14/h3-11,23H,1-2H3,(H,20,22)/b21-11-. The molecule has 0 fully saturated rings. The van der Waals surface area contributed by atoms with Crippen molar-refractivity contribution in [3.8, 4) is 11.3 Å². The van der Waals surface area contributed by atoms with Gasteiger partial charge in [0.1, 0.15) is 5.82 Å². The Labute approximate surface area is 150 Å². The van der Waals surface area contributed by atoms with Crippen LogP contribution in [0.1, 0.15) is 16.7 Å². The van der Waals surface area contributed by atoms with Gasteiger partial charge in [0, 0.05) is 11.1 Å². The lowest BCUT2D eigenvalue weighted by atomic mass is 10.1. The summed E-state index contributed by atoms with van der Waals surface area (Å²) in [5.74, 6) is -0.343. The highest BCUT2D eigenvalue weighted by molar-refractivity contribution is 7.89. The summed E-state index contributed by atoms with van der Waals surface area (Å²) >= 11 is 0. The Kier molecular flexibility index (Phi) is 4.85. The fourth-order valence-electron chi connectivity index (χ4n) is 2.45. The zero-order valence-corrected chi connectivity index (χ0v) is 15.0. The van der Waals surface area contributed by atoms with Crippen LogP contribution in [0.25, 0.3) is 11.3 Å². The molecule has 0 spiro atoms. The van der Waals surface area contributed by atoms with Crippen LogP contribution in [0.4, 0.5) is 4.39 Å². The number of benzene rings is 2. The Hall–Kier alpha value is -3.00. The molecule has 26 heavy (non-hydrogen) atoms. The second-order valence-electron chi connectivity index (χ2n) is 5.83. The Morgan fingerprint density at radius 2 is 1.88 bits per heavy atom. The number of rotatable bonds is 5. The number of nitrogens with one attached hydrogen (secondary N) is 2. The maximum atomic E-state index is 13.1. The molecule has 3 rings (SSSR count). The minimum Gasteiger partial charge on any atom is -0.277 e. The van der Waals surface area contributed by atoms with Crippen LogP contribution in [-0.4, -0.2) is 24.8 Å². The van der Waals surface area contributed by atoms with Crippen LogP contribution >= 0.6 is 0 Å². The topological polar surface area (TPSA) is 87.2 Å². The second kappa shape index (κ2) is 7.09. The molecular weight excluding hydrogens is 355 g/mol. The quantitative estimate of drug-likeness (QED) is 0.533. The van der Waals surface area contributed by atoms with E-state index in [9.17, 15) is 12.8 Å². The highest BCUT2D eigenvalue weighted by Crippen LogP contribution is 2.20. The van der Waals surface area contributed by atoms with Crippen molar-refractivity contribution in [2.75, 3.05) is 0 Å². The number of nitrogens with zero attached hydrogens (tertiary/aromatic N) is 2. The first-order valence-electron chi connectivity index (χ1n) is 7.78. The molecule has 0 saturated carbocycles. The Balaban J connectivity index is 1.82. The Morgan fingerprint density at radius 3 is 2.62 bits per heavy atom. The highest BCUT2D eigenvalue weighted by Gasteiger charge is 2.16. The highest BCUT2D eigenvalue weighted by atomic mass is 32.2. The average molecular weight is 372 g/mol. The van der Waals surface area contributed by atoms with Gasteiger partial charge in [0.25, 0.3) is 10.0 Å². The molecule has 8 heteroatoms. The van der Waals surface area contributed by atoms with Gasteiger partial charge in [0.15, 0.2) is 0 Å². The summed E-state index contributed by atoms with van der Waals surface area (Å²) in [5, 5.41) is 10.6. The molecule has 3 aromatic rings. The van der Waals surface area contributed by atoms with Crippen molar-refractivity contribution in [3.63, 3.8) is 0 Å². The minimum atomic E-state index is -3.78. The van der Waals surface area contributed by atoms with Crippen LogP contribution in [0.2, 0.25) is 0 Å². The van der Waals surface area contributed by atoms with Crippen LogP contribution in [0.3, 0.4) is 0 Å². The molecule has 2 N–H and O–H groups in total. The monoisotopic (exact) mass is 372 g/mol. The lowest BCUT2D eigenvalue weighted by Gasteiger charge is -2.07. The predicted molar refractivity (Wildman–Crippen MR) is 97.8 cm³/mol. The summed E-state index contributed by atoms with van der Waals surface area (Å²) < 4.78 is 37.9. The van der Waals surface area contributed by atoms with Crippen molar-refractivity contribution in [3.05, 3.63) is 71.2 Å². The average Bonchev–Trinajstić information content (AvgIpc) is 3.06. The van der Waals surface area contributed by atoms with Crippen molar-refractivity contribution in [2.24, 2.45) is 5.10 Å². The maximum Gasteiger partial charge on any atom is 0.276 e. The third-order valence-electron chi connectivity index (χ3n) is 3.81. The number of H-pyrrole nitrogens is 1. The largest absolute Gasteiger partial charge is 0.277 e. The second-order valence-corrected chi connectivity index (χ2v) is 7.46. The molecule has 0 atom stereocenters. The summed E-state index contributed by atoms with van der Waals surface area (Å²) in [6.45, 7) is 3.54. The number of hydrogen-bond acceptors (Lipinski definition) is 4. The number of hydrazone groups is 1. The van der Waals surface area contributed by atoms with E-state index in [1.807, 2.05) is 13.0 Å². The summed E-state index contributed by atoms with van der Waals surface area (Å²) in [6, 6.07) is 11.0. The van der Waals surface area contributed by atoms with Crippen LogP contribution in [0.5, 0.6) is 0 Å². The Bertz CT molecular complexity index is 1060. The Morgan fingerprint density at radius 1 is 1.15 bits per heavy atom. The molecule has 0 aliphatic carbocycles. The number of sulfonamides is 1. The molecular formula is C18H17FN4O2S. The molecule has 0 bridgehead atoms. The minimum absolute atomic E-state index is 0.181. The maximum absolute atomic E-state index is 13.1. The molecule has 0 amide bonds. The molecule has 1 aromatic heterocycles. The summed E-state index contributed by atoms with van der Waals surface area (Å²) in [4.78, 5) is 2.39. The first-order valence-corrected chi connectivity index (χ1v) is 9.26. The zero-order chi connectivity index (χ0) is 18.7. The number of hydrogen-bond donors (Lipinski definition) is 2. The first-order chi connectivity index (χ1) is 12.4. The fraction of sp³-hybridized carbons (Fsp3) is 0.111. The molecule has 0 saturated heterocycles. The van der Waals surface area contributed by atoms with Gasteiger partial charge >= 0.3 is 0 Å². The van der Waals surface area contributed by atoms with E-state index in [1.165, 1.54) is 24.5 Å². The van der Waals surface area contributed by atoms with Crippen LogP contribution in [0, 0.1) is 19.7 Å². The smallest absolute Gasteiger partial charge is 0.276 e. The third kappa shape index (κ3) is 3.80. The van der Waals surface area contributed by atoms with Crippen LogP contribution in [0.15, 0.2) is 58.7 Å². The van der Waals surface area contributed by atoms with E-state index < -0.39 is 10.0 Å². The molecule has 2 aromatic carbocycles. The van der Waals surface area contributed by atoms with Gasteiger partial charge in [-0.3, -0.25) is 5.10 Å². The summed E-state index contributed by atoms with van der Waals surface area (Å²) in [7, 11) is -3.78. The lowest BCUT2D eigenvalue weighted by molar-refractivity contribution is 0.584. The molecule has 0 unspecified atom stereocenters. The summed E-state index contributed by atoms with van der Waals surface area (Å²) in [5.41, 5.74) is 3.37. The zero-order valence-electron chi connectivity index (χ0n) is 14.2. The van der Waals surface area contributed by atoms with Gasteiger partial charge in [-0.1, -0.05) is 12.1 Å². The van der Waals surface area contributed by atoms with Crippen LogP contribution in [-0.2, 0) is 10.0 Å². The number of aryl methyl sites for hydroxylation is 2. The van der Waals surface area contributed by atoms with E-state index in [1.54, 1.807) is 31.2 Å². The van der Waals surface area contributed by atoms with E-state index >= 15 is 0 Å². The number of halogens is 1. The molecule has 0 radical (unpaired) electrons. The van der Waals surface area contributed by atoms with E-state index in [4.69, 9.17) is 0 Å². The normalized spacial score (nSPS) is 11.8. The van der Waals surface area contributed by atoms with E-state index in [-0.39, 0.29) is 10.7 Å². The molecule has 0 aliphatic heterocycles. The number of aromatic amines is 1. The summed E-state index contributed by atoms with van der Waals surface area (Å²) in [6.07, 6.45) is 2.86. The fourth-order valence-corrected chi connectivity index (χ4v) is 3.58. The lowest BCUT2D eigenvalue weighted by Crippen LogP contribution is -2.19. The van der Waals surface area contributed by atoms with E-state index in [2.05, 4.69) is 20.1 Å². The predicted octanol–water partition coefficient (Wildman–Crippen LogP) is 3.15. The first kappa shape index (κ1) is 17.8. The van der Waals surface area contributed by atoms with Crippen molar-refractivity contribution < 1.29 is 12.8 Å². The molecule has 0 aliphatic rings. The van der Waals surface area contributed by atoms with Crippen LogP contribution < -0.4 is 4.83 Å². The van der Waals surface area contributed by atoms with Crippen molar-refractivity contribution in [2.45, 2.75) is 18.7 Å². The van der Waals surface area contributed by atoms with Crippen molar-refractivity contribution in [1.82, 2.24) is 15.0 Å². The van der Waals surface area contributed by atoms with Crippen molar-refractivity contribution >= 4 is 16.2 Å². The van der Waals surface area contributed by atoms with Gasteiger partial charge in [0.2, 0.25) is 0 Å². The van der Waals surface area contributed by atoms with Gasteiger partial charge in [-0.05, 0) is 55.3 Å². The van der Waals surface area contributed by atoms with Gasteiger partial charge in [-0.25, -0.2) is 9.22 Å². The van der Waals surface area contributed by atoms with E-state index in [0.717, 1.165) is 5.56 Å². The molecule has 1 heterocycles. The SMILES string of the molecule is Cc1ccc(C)c(S(=O)(=O)N/N=C\c2cn[nH]c2-c2ccc(F)cc2)c1. The number of aromatic nitrogens is 2. The van der Waals surface area contributed by atoms with Gasteiger partial charge in [-0.15, -0.1) is 0 Å². The van der Waals surface area contributed by atoms with Crippen molar-refractivity contribution in [1.29, 1.82) is 0 Å². The molecule has 6 nitrogen and oxygen atoms in total. The molecule has 134 valence electrons. The van der Waals surface area contributed by atoms with Gasteiger partial charge in [0.05, 0.1) is 23.0 Å². The van der Waals surface area contributed by atoms with Gasteiger partial charge < -0.3 is 0 Å². The van der Waals surface area contributed by atoms with E-state index in [0.29, 0.717) is 22.4 Å².